The van der Waals surface area contributed by atoms with Crippen molar-refractivity contribution in [2.45, 2.75) is 77.6 Å². The zero-order valence-corrected chi connectivity index (χ0v) is 13.6. The Morgan fingerprint density at radius 1 is 0.762 bits per heavy atom. The summed E-state index contributed by atoms with van der Waals surface area (Å²) in [6.45, 7) is 2.15. The zero-order chi connectivity index (χ0) is 15.6. The van der Waals surface area contributed by atoms with Crippen molar-refractivity contribution in [1.82, 2.24) is 0 Å². The number of hydrogen-bond donors (Lipinski definition) is 1. The molecule has 0 aliphatic rings. The van der Waals surface area contributed by atoms with Crippen LogP contribution in [0.2, 0.25) is 0 Å². The lowest BCUT2D eigenvalue weighted by Gasteiger charge is -1.99. The van der Waals surface area contributed by atoms with Gasteiger partial charge in [0.15, 0.2) is 0 Å². The third-order valence-electron chi connectivity index (χ3n) is 3.29. The van der Waals surface area contributed by atoms with Crippen LogP contribution in [0.25, 0.3) is 0 Å². The minimum atomic E-state index is -0.671. The lowest BCUT2D eigenvalue weighted by atomic mass is 10.1. The van der Waals surface area contributed by atoms with Gasteiger partial charge in [-0.3, -0.25) is 4.79 Å². The van der Waals surface area contributed by atoms with E-state index in [1.165, 1.54) is 32.1 Å². The van der Waals surface area contributed by atoms with Gasteiger partial charge in [0.25, 0.3) is 0 Å². The summed E-state index contributed by atoms with van der Waals surface area (Å²) in [6, 6.07) is 0. The fraction of sp³-hybridized carbons (Fsp3) is 0.632. The van der Waals surface area contributed by atoms with Crippen molar-refractivity contribution in [3.63, 3.8) is 0 Å². The molecule has 0 aromatic rings. The Morgan fingerprint density at radius 3 is 1.90 bits per heavy atom. The van der Waals surface area contributed by atoms with Gasteiger partial charge >= 0.3 is 5.97 Å². The van der Waals surface area contributed by atoms with Crippen molar-refractivity contribution in [3.8, 4) is 0 Å². The SMILES string of the molecule is CCC=CCC=CCC=CCCCCCCCCC(=O)O. The first-order chi connectivity index (χ1) is 10.3. The molecule has 0 bridgehead atoms. The number of hydrogen-bond acceptors (Lipinski definition) is 1. The molecule has 0 radical (unpaired) electrons. The first-order valence-electron chi connectivity index (χ1n) is 8.44. The lowest BCUT2D eigenvalue weighted by Crippen LogP contribution is -1.93. The monoisotopic (exact) mass is 292 g/mol. The minimum Gasteiger partial charge on any atom is -0.481 e. The van der Waals surface area contributed by atoms with Crippen LogP contribution in [0.4, 0.5) is 0 Å². The molecule has 1 N–H and O–H groups in total. The van der Waals surface area contributed by atoms with Crippen molar-refractivity contribution in [3.05, 3.63) is 36.5 Å². The van der Waals surface area contributed by atoms with E-state index in [0.29, 0.717) is 6.42 Å². The lowest BCUT2D eigenvalue weighted by molar-refractivity contribution is -0.137. The Balaban J connectivity index is 3.22. The van der Waals surface area contributed by atoms with Crippen LogP contribution in [0, 0.1) is 0 Å². The molecule has 0 aliphatic heterocycles. The fourth-order valence-electron chi connectivity index (χ4n) is 2.07. The number of unbranched alkanes of at least 4 members (excludes halogenated alkanes) is 6. The normalized spacial score (nSPS) is 12.0. The first kappa shape index (κ1) is 19.7. The summed E-state index contributed by atoms with van der Waals surface area (Å²) in [5.41, 5.74) is 0. The second kappa shape index (κ2) is 16.7. The summed E-state index contributed by atoms with van der Waals surface area (Å²) >= 11 is 0. The maximum atomic E-state index is 10.3. The molecule has 0 atom stereocenters. The van der Waals surface area contributed by atoms with Crippen molar-refractivity contribution in [2.75, 3.05) is 0 Å². The van der Waals surface area contributed by atoms with Gasteiger partial charge in [0.1, 0.15) is 0 Å². The molecule has 0 rings (SSSR count). The van der Waals surface area contributed by atoms with E-state index in [1.807, 2.05) is 0 Å². The van der Waals surface area contributed by atoms with E-state index in [9.17, 15) is 4.79 Å². The second-order valence-electron chi connectivity index (χ2n) is 5.35. The molecule has 0 unspecified atom stereocenters. The Morgan fingerprint density at radius 2 is 1.29 bits per heavy atom. The number of carboxylic acid groups (broad SMARTS) is 1. The van der Waals surface area contributed by atoms with Crippen LogP contribution in [0.1, 0.15) is 77.6 Å². The summed E-state index contributed by atoms with van der Waals surface area (Å²) in [4.78, 5) is 10.3. The Labute approximate surface area is 130 Å². The molecule has 0 saturated heterocycles. The molecule has 0 amide bonds. The number of rotatable bonds is 14. The van der Waals surface area contributed by atoms with E-state index in [2.05, 4.69) is 43.4 Å². The molecule has 0 saturated carbocycles. The third kappa shape index (κ3) is 18.7. The summed E-state index contributed by atoms with van der Waals surface area (Å²) in [6.07, 6.45) is 24.8. The maximum Gasteiger partial charge on any atom is 0.303 e. The van der Waals surface area contributed by atoms with E-state index in [-0.39, 0.29) is 0 Å². The Hall–Kier alpha value is -1.31. The summed E-state index contributed by atoms with van der Waals surface area (Å²) < 4.78 is 0. The molecule has 0 fully saturated rings. The van der Waals surface area contributed by atoms with Gasteiger partial charge in [-0.25, -0.2) is 0 Å². The summed E-state index contributed by atoms with van der Waals surface area (Å²) in [7, 11) is 0. The third-order valence-corrected chi connectivity index (χ3v) is 3.29. The van der Waals surface area contributed by atoms with E-state index in [1.54, 1.807) is 0 Å². The van der Waals surface area contributed by atoms with Crippen LogP contribution in [-0.4, -0.2) is 11.1 Å². The largest absolute Gasteiger partial charge is 0.481 e. The predicted octanol–water partition coefficient (Wildman–Crippen LogP) is 6.05. The Bertz CT molecular complexity index is 314. The smallest absolute Gasteiger partial charge is 0.303 e. The molecule has 0 aromatic heterocycles. The predicted molar refractivity (Wildman–Crippen MR) is 91.5 cm³/mol. The number of aliphatic carboxylic acids is 1. The van der Waals surface area contributed by atoms with E-state index in [0.717, 1.165) is 32.1 Å². The molecule has 0 heterocycles. The number of allylic oxidation sites excluding steroid dienone is 6. The molecule has 2 heteroatoms. The van der Waals surface area contributed by atoms with Crippen LogP contribution in [0.15, 0.2) is 36.5 Å². The van der Waals surface area contributed by atoms with E-state index in [4.69, 9.17) is 5.11 Å². The van der Waals surface area contributed by atoms with Gasteiger partial charge in [-0.2, -0.15) is 0 Å². The highest BCUT2D eigenvalue weighted by molar-refractivity contribution is 5.66. The van der Waals surface area contributed by atoms with Gasteiger partial charge in [0, 0.05) is 6.42 Å². The van der Waals surface area contributed by atoms with E-state index >= 15 is 0 Å². The standard InChI is InChI=1S/C19H32O2/c1-2-3-4-5-6-7-8-9-10-11-12-13-14-15-16-17-18-19(20)21/h3-4,6-7,9-10H,2,5,8,11-18H2,1H3,(H,20,21). The van der Waals surface area contributed by atoms with Gasteiger partial charge in [-0.1, -0.05) is 69.1 Å². The summed E-state index contributed by atoms with van der Waals surface area (Å²) in [5, 5.41) is 8.51. The highest BCUT2D eigenvalue weighted by Gasteiger charge is 1.95. The van der Waals surface area contributed by atoms with Crippen molar-refractivity contribution in [2.24, 2.45) is 0 Å². The Kier molecular flexibility index (Phi) is 15.7. The molecule has 120 valence electrons. The van der Waals surface area contributed by atoms with Crippen molar-refractivity contribution >= 4 is 5.97 Å². The first-order valence-corrected chi connectivity index (χ1v) is 8.44. The van der Waals surface area contributed by atoms with E-state index < -0.39 is 5.97 Å². The molecular formula is C19H32O2. The topological polar surface area (TPSA) is 37.3 Å². The van der Waals surface area contributed by atoms with Gasteiger partial charge in [-0.05, 0) is 38.5 Å². The average molecular weight is 292 g/mol. The molecule has 2 nitrogen and oxygen atoms in total. The quantitative estimate of drug-likeness (QED) is 0.312. The molecule has 21 heavy (non-hydrogen) atoms. The fourth-order valence-corrected chi connectivity index (χ4v) is 2.07. The van der Waals surface area contributed by atoms with Gasteiger partial charge in [0.2, 0.25) is 0 Å². The average Bonchev–Trinajstić information content (AvgIpc) is 2.46. The maximum absolute atomic E-state index is 10.3. The van der Waals surface area contributed by atoms with Crippen LogP contribution >= 0.6 is 0 Å². The van der Waals surface area contributed by atoms with Crippen LogP contribution in [0.3, 0.4) is 0 Å². The number of carboxylic acids is 1. The second-order valence-corrected chi connectivity index (χ2v) is 5.35. The number of carbonyl (C=O) groups is 1. The molecule has 0 aromatic carbocycles. The highest BCUT2D eigenvalue weighted by Crippen LogP contribution is 2.09. The van der Waals surface area contributed by atoms with Crippen LogP contribution in [-0.2, 0) is 4.79 Å². The van der Waals surface area contributed by atoms with Crippen molar-refractivity contribution < 1.29 is 9.90 Å². The zero-order valence-electron chi connectivity index (χ0n) is 13.6. The van der Waals surface area contributed by atoms with Crippen molar-refractivity contribution in [1.29, 1.82) is 0 Å². The molecule has 0 spiro atoms. The van der Waals surface area contributed by atoms with Gasteiger partial charge in [0.05, 0.1) is 0 Å². The van der Waals surface area contributed by atoms with Crippen LogP contribution in [0.5, 0.6) is 0 Å². The van der Waals surface area contributed by atoms with Gasteiger partial charge in [-0.15, -0.1) is 0 Å². The highest BCUT2D eigenvalue weighted by atomic mass is 16.4. The molecular weight excluding hydrogens is 260 g/mol. The summed E-state index contributed by atoms with van der Waals surface area (Å²) in [5.74, 6) is -0.671. The van der Waals surface area contributed by atoms with Crippen LogP contribution < -0.4 is 0 Å². The van der Waals surface area contributed by atoms with Gasteiger partial charge < -0.3 is 5.11 Å². The molecule has 0 aliphatic carbocycles. The minimum absolute atomic E-state index is 0.324.